The number of carboxylic acid groups (broad SMARTS) is 1. The van der Waals surface area contributed by atoms with Crippen LogP contribution in [0, 0.1) is 6.92 Å². The lowest BCUT2D eigenvalue weighted by molar-refractivity contribution is -0.138. The molecule has 0 aliphatic rings. The Balaban J connectivity index is 3.32. The third-order valence-electron chi connectivity index (χ3n) is 2.85. The van der Waals surface area contributed by atoms with Gasteiger partial charge in [0.2, 0.25) is 0 Å². The van der Waals surface area contributed by atoms with Gasteiger partial charge in [0.1, 0.15) is 11.5 Å². The number of carboxylic acids is 1. The molecule has 1 aromatic rings. The van der Waals surface area contributed by atoms with Crippen molar-refractivity contribution in [3.05, 3.63) is 23.3 Å². The van der Waals surface area contributed by atoms with E-state index < -0.39 is 11.5 Å². The second-order valence-electron chi connectivity index (χ2n) is 4.51. The predicted octanol–water partition coefficient (Wildman–Crippen LogP) is 1.66. The fourth-order valence-corrected chi connectivity index (χ4v) is 1.91. The topological polar surface area (TPSA) is 81.8 Å². The first-order chi connectivity index (χ1) is 8.31. The van der Waals surface area contributed by atoms with Crippen molar-refractivity contribution in [3.8, 4) is 11.5 Å². The van der Waals surface area contributed by atoms with E-state index in [1.807, 2.05) is 6.92 Å². The molecule has 100 valence electrons. The first-order valence-corrected chi connectivity index (χ1v) is 5.55. The molecule has 0 spiro atoms. The highest BCUT2D eigenvalue weighted by molar-refractivity contribution is 5.69. The molecule has 1 rings (SSSR count). The standard InChI is InChI=1S/C13H19NO4/c1-8-5-11(18-4)9(6-10(8)17-3)13(2,14)7-12(15)16/h5-6H,7,14H2,1-4H3,(H,15,16). The van der Waals surface area contributed by atoms with E-state index in [4.69, 9.17) is 20.3 Å². The van der Waals surface area contributed by atoms with Crippen molar-refractivity contribution in [3.63, 3.8) is 0 Å². The summed E-state index contributed by atoms with van der Waals surface area (Å²) in [6, 6.07) is 3.53. The van der Waals surface area contributed by atoms with Gasteiger partial charge < -0.3 is 20.3 Å². The van der Waals surface area contributed by atoms with Crippen LogP contribution in [0.5, 0.6) is 11.5 Å². The zero-order valence-corrected chi connectivity index (χ0v) is 11.1. The first kappa shape index (κ1) is 14.3. The Morgan fingerprint density at radius 2 is 1.89 bits per heavy atom. The summed E-state index contributed by atoms with van der Waals surface area (Å²) in [7, 11) is 3.09. The third kappa shape index (κ3) is 2.92. The van der Waals surface area contributed by atoms with Crippen LogP contribution in [-0.4, -0.2) is 25.3 Å². The number of aryl methyl sites for hydroxylation is 1. The minimum absolute atomic E-state index is 0.185. The zero-order valence-electron chi connectivity index (χ0n) is 11.1. The molecule has 5 nitrogen and oxygen atoms in total. The van der Waals surface area contributed by atoms with Crippen LogP contribution in [0.4, 0.5) is 0 Å². The molecule has 5 heteroatoms. The number of rotatable bonds is 5. The molecule has 0 aliphatic carbocycles. The molecular formula is C13H19NO4. The maximum Gasteiger partial charge on any atom is 0.305 e. The lowest BCUT2D eigenvalue weighted by Gasteiger charge is -2.26. The third-order valence-corrected chi connectivity index (χ3v) is 2.85. The van der Waals surface area contributed by atoms with Crippen LogP contribution in [0.25, 0.3) is 0 Å². The van der Waals surface area contributed by atoms with E-state index in [1.165, 1.54) is 7.11 Å². The summed E-state index contributed by atoms with van der Waals surface area (Å²) in [5.41, 5.74) is 6.58. The number of aliphatic carboxylic acids is 1. The van der Waals surface area contributed by atoms with Gasteiger partial charge >= 0.3 is 5.97 Å². The molecule has 3 N–H and O–H groups in total. The highest BCUT2D eigenvalue weighted by atomic mass is 16.5. The molecule has 1 atom stereocenters. The maximum absolute atomic E-state index is 10.9. The van der Waals surface area contributed by atoms with E-state index in [1.54, 1.807) is 26.2 Å². The van der Waals surface area contributed by atoms with Crippen molar-refractivity contribution in [2.24, 2.45) is 5.73 Å². The van der Waals surface area contributed by atoms with E-state index in [0.717, 1.165) is 5.56 Å². The SMILES string of the molecule is COc1cc(C(C)(N)CC(=O)O)c(OC)cc1C. The van der Waals surface area contributed by atoms with Crippen LogP contribution in [0.2, 0.25) is 0 Å². The minimum Gasteiger partial charge on any atom is -0.496 e. The summed E-state index contributed by atoms with van der Waals surface area (Å²) >= 11 is 0. The normalized spacial score (nSPS) is 13.8. The lowest BCUT2D eigenvalue weighted by atomic mass is 9.88. The Morgan fingerprint density at radius 3 is 2.33 bits per heavy atom. The Hall–Kier alpha value is -1.75. The Kier molecular flexibility index (Phi) is 4.19. The van der Waals surface area contributed by atoms with Crippen LogP contribution >= 0.6 is 0 Å². The van der Waals surface area contributed by atoms with E-state index in [0.29, 0.717) is 17.1 Å². The summed E-state index contributed by atoms with van der Waals surface area (Å²) in [6.07, 6.45) is -0.185. The fourth-order valence-electron chi connectivity index (χ4n) is 1.91. The highest BCUT2D eigenvalue weighted by Crippen LogP contribution is 2.35. The summed E-state index contributed by atoms with van der Waals surface area (Å²) in [4.78, 5) is 10.9. The molecule has 0 aliphatic heterocycles. The van der Waals surface area contributed by atoms with Gasteiger partial charge in [-0.05, 0) is 31.5 Å². The van der Waals surface area contributed by atoms with Gasteiger partial charge in [-0.25, -0.2) is 0 Å². The van der Waals surface area contributed by atoms with Gasteiger partial charge in [0.15, 0.2) is 0 Å². The molecule has 0 fully saturated rings. The minimum atomic E-state index is -1.02. The number of benzene rings is 1. The number of methoxy groups -OCH3 is 2. The summed E-state index contributed by atoms with van der Waals surface area (Å²) in [5.74, 6) is 0.272. The molecule has 0 saturated heterocycles. The zero-order chi connectivity index (χ0) is 13.9. The van der Waals surface area contributed by atoms with Gasteiger partial charge in [-0.15, -0.1) is 0 Å². The summed E-state index contributed by atoms with van der Waals surface area (Å²) < 4.78 is 10.5. The van der Waals surface area contributed by atoms with E-state index >= 15 is 0 Å². The van der Waals surface area contributed by atoms with Crippen LogP contribution in [-0.2, 0) is 10.3 Å². The van der Waals surface area contributed by atoms with Crippen molar-refractivity contribution in [1.82, 2.24) is 0 Å². The van der Waals surface area contributed by atoms with E-state index in [-0.39, 0.29) is 6.42 Å². The second kappa shape index (κ2) is 5.27. The van der Waals surface area contributed by atoms with Gasteiger partial charge in [0.25, 0.3) is 0 Å². The predicted molar refractivity (Wildman–Crippen MR) is 68.1 cm³/mol. The largest absolute Gasteiger partial charge is 0.496 e. The molecule has 18 heavy (non-hydrogen) atoms. The second-order valence-corrected chi connectivity index (χ2v) is 4.51. The Bertz CT molecular complexity index is 455. The van der Waals surface area contributed by atoms with Crippen molar-refractivity contribution in [2.45, 2.75) is 25.8 Å². The summed E-state index contributed by atoms with van der Waals surface area (Å²) in [5, 5.41) is 8.90. The van der Waals surface area contributed by atoms with Gasteiger partial charge in [0, 0.05) is 5.56 Å². The Morgan fingerprint density at radius 1 is 1.33 bits per heavy atom. The quantitative estimate of drug-likeness (QED) is 0.834. The number of carbonyl (C=O) groups is 1. The summed E-state index contributed by atoms with van der Waals surface area (Å²) in [6.45, 7) is 3.55. The Labute approximate surface area is 107 Å². The van der Waals surface area contributed by atoms with Crippen LogP contribution in [0.15, 0.2) is 12.1 Å². The molecular weight excluding hydrogens is 234 g/mol. The molecule has 0 bridgehead atoms. The van der Waals surface area contributed by atoms with E-state index in [9.17, 15) is 4.79 Å². The van der Waals surface area contributed by atoms with Crippen molar-refractivity contribution in [1.29, 1.82) is 0 Å². The van der Waals surface area contributed by atoms with Gasteiger partial charge in [-0.1, -0.05) is 0 Å². The lowest BCUT2D eigenvalue weighted by Crippen LogP contribution is -2.36. The molecule has 0 saturated carbocycles. The molecule has 1 aromatic carbocycles. The number of nitrogens with two attached hydrogens (primary N) is 1. The molecule has 1 unspecified atom stereocenters. The van der Waals surface area contributed by atoms with Crippen LogP contribution in [0.1, 0.15) is 24.5 Å². The maximum atomic E-state index is 10.9. The molecule has 0 amide bonds. The van der Waals surface area contributed by atoms with Gasteiger partial charge in [-0.2, -0.15) is 0 Å². The van der Waals surface area contributed by atoms with Crippen LogP contribution < -0.4 is 15.2 Å². The van der Waals surface area contributed by atoms with E-state index in [2.05, 4.69) is 0 Å². The monoisotopic (exact) mass is 253 g/mol. The van der Waals surface area contributed by atoms with Crippen molar-refractivity contribution < 1.29 is 19.4 Å². The van der Waals surface area contributed by atoms with Crippen molar-refractivity contribution >= 4 is 5.97 Å². The average molecular weight is 253 g/mol. The molecule has 0 radical (unpaired) electrons. The number of hydrogen-bond acceptors (Lipinski definition) is 4. The molecule has 0 aromatic heterocycles. The fraction of sp³-hybridized carbons (Fsp3) is 0.462. The average Bonchev–Trinajstić information content (AvgIpc) is 2.26. The first-order valence-electron chi connectivity index (χ1n) is 5.55. The van der Waals surface area contributed by atoms with Gasteiger partial charge in [0.05, 0.1) is 26.2 Å². The number of hydrogen-bond donors (Lipinski definition) is 2. The smallest absolute Gasteiger partial charge is 0.305 e. The van der Waals surface area contributed by atoms with Gasteiger partial charge in [-0.3, -0.25) is 4.79 Å². The van der Waals surface area contributed by atoms with Crippen LogP contribution in [0.3, 0.4) is 0 Å². The molecule has 0 heterocycles. The highest BCUT2D eigenvalue weighted by Gasteiger charge is 2.29. The van der Waals surface area contributed by atoms with Crippen molar-refractivity contribution in [2.75, 3.05) is 14.2 Å². The number of ether oxygens (including phenoxy) is 2.